The summed E-state index contributed by atoms with van der Waals surface area (Å²) in [6, 6.07) is 15.1. The van der Waals surface area contributed by atoms with Crippen LogP contribution < -0.4 is 10.6 Å². The molecule has 0 saturated heterocycles. The molecule has 0 aromatic heterocycles. The summed E-state index contributed by atoms with van der Waals surface area (Å²) >= 11 is 0. The van der Waals surface area contributed by atoms with Crippen LogP contribution in [0.2, 0.25) is 0 Å². The van der Waals surface area contributed by atoms with E-state index in [0.717, 1.165) is 35.3 Å². The van der Waals surface area contributed by atoms with Crippen molar-refractivity contribution in [3.63, 3.8) is 0 Å². The number of carbonyl (C=O) groups is 2. The van der Waals surface area contributed by atoms with E-state index in [2.05, 4.69) is 10.6 Å². The molecule has 1 aliphatic carbocycles. The first-order valence-corrected chi connectivity index (χ1v) is 7.47. The number of Topliss-reactive ketones (excluding diaryl/α,β-unsaturated/α-hetero) is 1. The third-order valence-electron chi connectivity index (χ3n) is 3.77. The van der Waals surface area contributed by atoms with Crippen LogP contribution in [0.4, 0.5) is 11.4 Å². The van der Waals surface area contributed by atoms with Gasteiger partial charge in [-0.25, -0.2) is 0 Å². The second-order valence-electron chi connectivity index (χ2n) is 5.42. The van der Waals surface area contributed by atoms with E-state index in [-0.39, 0.29) is 18.2 Å². The van der Waals surface area contributed by atoms with Gasteiger partial charge < -0.3 is 10.6 Å². The van der Waals surface area contributed by atoms with E-state index in [1.807, 2.05) is 48.5 Å². The lowest BCUT2D eigenvalue weighted by molar-refractivity contribution is -0.114. The summed E-state index contributed by atoms with van der Waals surface area (Å²) in [5.41, 5.74) is 3.47. The molecule has 0 radical (unpaired) electrons. The van der Waals surface area contributed by atoms with Gasteiger partial charge in [0.05, 0.1) is 6.54 Å². The predicted molar refractivity (Wildman–Crippen MR) is 87.3 cm³/mol. The zero-order chi connectivity index (χ0) is 15.4. The van der Waals surface area contributed by atoms with E-state index in [4.69, 9.17) is 0 Å². The molecule has 2 N–H and O–H groups in total. The lowest BCUT2D eigenvalue weighted by Crippen LogP contribution is -2.22. The molecule has 0 fully saturated rings. The molecule has 1 aliphatic rings. The van der Waals surface area contributed by atoms with Crippen molar-refractivity contribution in [2.45, 2.75) is 19.3 Å². The molecule has 4 nitrogen and oxygen atoms in total. The Hall–Kier alpha value is -2.62. The van der Waals surface area contributed by atoms with Crippen molar-refractivity contribution in [2.75, 3.05) is 17.2 Å². The van der Waals surface area contributed by atoms with Crippen LogP contribution in [0, 0.1) is 0 Å². The van der Waals surface area contributed by atoms with E-state index in [0.29, 0.717) is 6.42 Å². The number of hydrogen-bond acceptors (Lipinski definition) is 3. The van der Waals surface area contributed by atoms with Crippen molar-refractivity contribution in [3.8, 4) is 0 Å². The van der Waals surface area contributed by atoms with Crippen LogP contribution in [0.15, 0.2) is 48.5 Å². The standard InChI is InChI=1S/C18H18N2O2/c21-17-8-4-5-13-9-10-15(11-16(13)17)19-12-18(22)20-14-6-2-1-3-7-14/h1-3,6-7,9-11,19H,4-5,8,12H2,(H,20,22). The maximum atomic E-state index is 11.9. The Morgan fingerprint density at radius 1 is 1.00 bits per heavy atom. The number of benzene rings is 2. The number of amides is 1. The summed E-state index contributed by atoms with van der Waals surface area (Å²) in [4.78, 5) is 23.8. The van der Waals surface area contributed by atoms with E-state index >= 15 is 0 Å². The molecule has 0 saturated carbocycles. The van der Waals surface area contributed by atoms with E-state index in [9.17, 15) is 9.59 Å². The fraction of sp³-hybridized carbons (Fsp3) is 0.222. The molecule has 0 bridgehead atoms. The zero-order valence-electron chi connectivity index (χ0n) is 12.3. The Labute approximate surface area is 129 Å². The van der Waals surface area contributed by atoms with Gasteiger partial charge in [-0.05, 0) is 42.7 Å². The minimum absolute atomic E-state index is 0.116. The van der Waals surface area contributed by atoms with Crippen LogP contribution in [-0.2, 0) is 11.2 Å². The summed E-state index contributed by atoms with van der Waals surface area (Å²) in [5.74, 6) is 0.0777. The van der Waals surface area contributed by atoms with Gasteiger partial charge in [-0.15, -0.1) is 0 Å². The molecule has 0 aliphatic heterocycles. The molecule has 2 aromatic rings. The third-order valence-corrected chi connectivity index (χ3v) is 3.77. The van der Waals surface area contributed by atoms with Gasteiger partial charge >= 0.3 is 0 Å². The van der Waals surface area contributed by atoms with Gasteiger partial charge in [0.25, 0.3) is 0 Å². The van der Waals surface area contributed by atoms with Crippen LogP contribution in [0.3, 0.4) is 0 Å². The fourth-order valence-corrected chi connectivity index (χ4v) is 2.65. The maximum Gasteiger partial charge on any atom is 0.243 e. The molecule has 0 spiro atoms. The number of carbonyl (C=O) groups excluding carboxylic acids is 2. The van der Waals surface area contributed by atoms with Gasteiger partial charge in [0.2, 0.25) is 5.91 Å². The number of para-hydroxylation sites is 1. The van der Waals surface area contributed by atoms with Crippen LogP contribution in [0.1, 0.15) is 28.8 Å². The van der Waals surface area contributed by atoms with Crippen molar-refractivity contribution >= 4 is 23.1 Å². The first-order valence-electron chi connectivity index (χ1n) is 7.47. The van der Waals surface area contributed by atoms with Crippen molar-refractivity contribution in [3.05, 3.63) is 59.7 Å². The minimum atomic E-state index is -0.116. The lowest BCUT2D eigenvalue weighted by atomic mass is 9.90. The van der Waals surface area contributed by atoms with Gasteiger partial charge in [-0.2, -0.15) is 0 Å². The van der Waals surface area contributed by atoms with Crippen LogP contribution in [0.5, 0.6) is 0 Å². The smallest absolute Gasteiger partial charge is 0.243 e. The first kappa shape index (κ1) is 14.3. The third kappa shape index (κ3) is 3.34. The molecule has 22 heavy (non-hydrogen) atoms. The highest BCUT2D eigenvalue weighted by Crippen LogP contribution is 2.24. The Bertz CT molecular complexity index is 695. The van der Waals surface area contributed by atoms with Crippen molar-refractivity contribution in [1.82, 2.24) is 0 Å². The van der Waals surface area contributed by atoms with Gasteiger partial charge in [-0.3, -0.25) is 9.59 Å². The number of ketones is 1. The lowest BCUT2D eigenvalue weighted by Gasteiger charge is -2.16. The van der Waals surface area contributed by atoms with Gasteiger partial charge in [0.1, 0.15) is 0 Å². The molecule has 1 amide bonds. The molecular weight excluding hydrogens is 276 g/mol. The fourth-order valence-electron chi connectivity index (χ4n) is 2.65. The van der Waals surface area contributed by atoms with Crippen molar-refractivity contribution in [1.29, 1.82) is 0 Å². The summed E-state index contributed by atoms with van der Waals surface area (Å²) in [6.07, 6.45) is 2.50. The van der Waals surface area contributed by atoms with Crippen LogP contribution in [0.25, 0.3) is 0 Å². The number of aryl methyl sites for hydroxylation is 1. The number of hydrogen-bond donors (Lipinski definition) is 2. The highest BCUT2D eigenvalue weighted by atomic mass is 16.2. The summed E-state index contributed by atoms with van der Waals surface area (Å²) < 4.78 is 0. The second kappa shape index (κ2) is 6.43. The molecule has 0 unspecified atom stereocenters. The van der Waals surface area contributed by atoms with Gasteiger partial charge in [0.15, 0.2) is 5.78 Å². The summed E-state index contributed by atoms with van der Waals surface area (Å²) in [7, 11) is 0. The quantitative estimate of drug-likeness (QED) is 0.910. The minimum Gasteiger partial charge on any atom is -0.376 e. The summed E-state index contributed by atoms with van der Waals surface area (Å²) in [6.45, 7) is 0.169. The highest BCUT2D eigenvalue weighted by Gasteiger charge is 2.17. The SMILES string of the molecule is O=C(CNc1ccc2c(c1)C(=O)CCC2)Nc1ccccc1. The number of rotatable bonds is 4. The topological polar surface area (TPSA) is 58.2 Å². The monoisotopic (exact) mass is 294 g/mol. The molecule has 3 rings (SSSR count). The van der Waals surface area contributed by atoms with E-state index < -0.39 is 0 Å². The van der Waals surface area contributed by atoms with E-state index in [1.54, 1.807) is 0 Å². The average molecular weight is 294 g/mol. The van der Waals surface area contributed by atoms with Crippen molar-refractivity contribution in [2.24, 2.45) is 0 Å². The zero-order valence-corrected chi connectivity index (χ0v) is 12.3. The highest BCUT2D eigenvalue weighted by molar-refractivity contribution is 5.99. The molecule has 4 heteroatoms. The molecule has 2 aromatic carbocycles. The Kier molecular flexibility index (Phi) is 4.19. The average Bonchev–Trinajstić information content (AvgIpc) is 2.54. The van der Waals surface area contributed by atoms with Gasteiger partial charge in [-0.1, -0.05) is 24.3 Å². The normalized spacial score (nSPS) is 13.4. The number of anilines is 2. The number of fused-ring (bicyclic) bond motifs is 1. The second-order valence-corrected chi connectivity index (χ2v) is 5.42. The Balaban J connectivity index is 1.61. The molecule has 0 heterocycles. The van der Waals surface area contributed by atoms with Crippen LogP contribution >= 0.6 is 0 Å². The van der Waals surface area contributed by atoms with Crippen LogP contribution in [-0.4, -0.2) is 18.2 Å². The maximum absolute atomic E-state index is 11.9. The Morgan fingerprint density at radius 3 is 2.64 bits per heavy atom. The van der Waals surface area contributed by atoms with Crippen molar-refractivity contribution < 1.29 is 9.59 Å². The van der Waals surface area contributed by atoms with E-state index in [1.165, 1.54) is 0 Å². The Morgan fingerprint density at radius 2 is 1.82 bits per heavy atom. The predicted octanol–water partition coefficient (Wildman–Crippen LogP) is 3.26. The largest absolute Gasteiger partial charge is 0.376 e. The number of nitrogens with one attached hydrogen (secondary N) is 2. The van der Waals surface area contributed by atoms with Gasteiger partial charge in [0, 0.05) is 23.4 Å². The molecular formula is C18H18N2O2. The summed E-state index contributed by atoms with van der Waals surface area (Å²) in [5, 5.41) is 5.89. The first-order chi connectivity index (χ1) is 10.7. The molecule has 112 valence electrons. The molecule has 0 atom stereocenters.